The van der Waals surface area contributed by atoms with Gasteiger partial charge in [0.1, 0.15) is 0 Å². The molecule has 0 aromatic heterocycles. The van der Waals surface area contributed by atoms with Crippen LogP contribution < -0.4 is 5.32 Å². The van der Waals surface area contributed by atoms with Gasteiger partial charge in [-0.15, -0.1) is 0 Å². The topological polar surface area (TPSA) is 12.0 Å². The van der Waals surface area contributed by atoms with Gasteiger partial charge in [0.15, 0.2) is 0 Å². The molecule has 0 atom stereocenters. The first kappa shape index (κ1) is 12.3. The Balaban J connectivity index is 2.33. The second-order valence-corrected chi connectivity index (χ2v) is 4.28. The van der Waals surface area contributed by atoms with E-state index in [0.717, 1.165) is 13.1 Å². The molecule has 0 amide bonds. The maximum absolute atomic E-state index is 3.44. The Labute approximate surface area is 93.9 Å². The third-order valence-corrected chi connectivity index (χ3v) is 2.73. The van der Waals surface area contributed by atoms with E-state index in [1.807, 2.05) is 0 Å². The summed E-state index contributed by atoms with van der Waals surface area (Å²) < 4.78 is 0. The number of hydrogen-bond acceptors (Lipinski definition) is 1. The van der Waals surface area contributed by atoms with Crippen molar-refractivity contribution in [2.24, 2.45) is 0 Å². The molecule has 1 heteroatoms. The lowest BCUT2D eigenvalue weighted by atomic mass is 10.0. The summed E-state index contributed by atoms with van der Waals surface area (Å²) in [6.07, 6.45) is 3.66. The van der Waals surface area contributed by atoms with Crippen LogP contribution in [0.4, 0.5) is 0 Å². The van der Waals surface area contributed by atoms with Gasteiger partial charge < -0.3 is 5.32 Å². The van der Waals surface area contributed by atoms with Crippen LogP contribution in [0.1, 0.15) is 36.5 Å². The maximum Gasteiger partial charge on any atom is -0.00457 e. The summed E-state index contributed by atoms with van der Waals surface area (Å²) >= 11 is 0. The SMILES string of the molecule is CCCNCCCc1cc(C)ccc1C. The molecule has 0 unspecified atom stereocenters. The summed E-state index contributed by atoms with van der Waals surface area (Å²) in [7, 11) is 0. The van der Waals surface area contributed by atoms with E-state index in [1.165, 1.54) is 36.0 Å². The minimum atomic E-state index is 1.14. The van der Waals surface area contributed by atoms with Crippen molar-refractivity contribution >= 4 is 0 Å². The number of benzene rings is 1. The molecular weight excluding hydrogens is 182 g/mol. The molecule has 0 heterocycles. The number of nitrogens with one attached hydrogen (secondary N) is 1. The van der Waals surface area contributed by atoms with Crippen LogP contribution in [0, 0.1) is 13.8 Å². The zero-order chi connectivity index (χ0) is 11.1. The molecule has 15 heavy (non-hydrogen) atoms. The number of rotatable bonds is 6. The average Bonchev–Trinajstić information content (AvgIpc) is 2.23. The minimum absolute atomic E-state index is 1.14. The molecule has 0 aliphatic rings. The number of aryl methyl sites for hydroxylation is 3. The Bertz CT molecular complexity index is 291. The van der Waals surface area contributed by atoms with Crippen LogP contribution in [-0.2, 0) is 6.42 Å². The standard InChI is InChI=1S/C14H23N/c1-4-9-15-10-5-6-14-11-12(2)7-8-13(14)3/h7-8,11,15H,4-6,9-10H2,1-3H3. The van der Waals surface area contributed by atoms with Crippen LogP contribution in [-0.4, -0.2) is 13.1 Å². The maximum atomic E-state index is 3.44. The van der Waals surface area contributed by atoms with Crippen molar-refractivity contribution in [2.45, 2.75) is 40.0 Å². The van der Waals surface area contributed by atoms with E-state index in [9.17, 15) is 0 Å². The third-order valence-electron chi connectivity index (χ3n) is 2.73. The van der Waals surface area contributed by atoms with Gasteiger partial charge in [0.25, 0.3) is 0 Å². The highest BCUT2D eigenvalue weighted by Crippen LogP contribution is 2.12. The molecule has 0 aliphatic carbocycles. The number of hydrogen-bond donors (Lipinski definition) is 1. The van der Waals surface area contributed by atoms with E-state index >= 15 is 0 Å². The molecule has 0 saturated carbocycles. The van der Waals surface area contributed by atoms with Crippen LogP contribution in [0.25, 0.3) is 0 Å². The van der Waals surface area contributed by atoms with E-state index in [2.05, 4.69) is 44.3 Å². The van der Waals surface area contributed by atoms with Crippen LogP contribution >= 0.6 is 0 Å². The molecule has 0 saturated heterocycles. The molecule has 84 valence electrons. The fraction of sp³-hybridized carbons (Fsp3) is 0.571. The lowest BCUT2D eigenvalue weighted by Crippen LogP contribution is -2.16. The van der Waals surface area contributed by atoms with Gasteiger partial charge in [-0.2, -0.15) is 0 Å². The molecular formula is C14H23N. The second kappa shape index (κ2) is 6.62. The van der Waals surface area contributed by atoms with Gasteiger partial charge in [-0.1, -0.05) is 30.7 Å². The largest absolute Gasteiger partial charge is 0.317 e. The first-order chi connectivity index (χ1) is 7.24. The summed E-state index contributed by atoms with van der Waals surface area (Å²) in [6, 6.07) is 6.73. The van der Waals surface area contributed by atoms with Crippen molar-refractivity contribution in [3.63, 3.8) is 0 Å². The summed E-state index contributed by atoms with van der Waals surface area (Å²) in [5, 5.41) is 3.44. The van der Waals surface area contributed by atoms with E-state index < -0.39 is 0 Å². The van der Waals surface area contributed by atoms with E-state index in [4.69, 9.17) is 0 Å². The summed E-state index contributed by atoms with van der Waals surface area (Å²) in [5.74, 6) is 0. The fourth-order valence-electron chi connectivity index (χ4n) is 1.78. The molecule has 1 aromatic rings. The highest BCUT2D eigenvalue weighted by Gasteiger charge is 1.98. The second-order valence-electron chi connectivity index (χ2n) is 4.28. The van der Waals surface area contributed by atoms with Gasteiger partial charge >= 0.3 is 0 Å². The fourth-order valence-corrected chi connectivity index (χ4v) is 1.78. The predicted octanol–water partition coefficient (Wildman–Crippen LogP) is 3.24. The molecule has 1 rings (SSSR count). The highest BCUT2D eigenvalue weighted by atomic mass is 14.8. The van der Waals surface area contributed by atoms with E-state index in [-0.39, 0.29) is 0 Å². The van der Waals surface area contributed by atoms with Gasteiger partial charge in [0.05, 0.1) is 0 Å². The zero-order valence-electron chi connectivity index (χ0n) is 10.3. The molecule has 1 nitrogen and oxygen atoms in total. The lowest BCUT2D eigenvalue weighted by Gasteiger charge is -2.07. The quantitative estimate of drug-likeness (QED) is 0.703. The Morgan fingerprint density at radius 3 is 2.67 bits per heavy atom. The molecule has 0 bridgehead atoms. The molecule has 0 fully saturated rings. The van der Waals surface area contributed by atoms with Crippen LogP contribution in [0.15, 0.2) is 18.2 Å². The minimum Gasteiger partial charge on any atom is -0.317 e. The van der Waals surface area contributed by atoms with Gasteiger partial charge in [-0.05, 0) is 57.3 Å². The highest BCUT2D eigenvalue weighted by molar-refractivity contribution is 5.30. The lowest BCUT2D eigenvalue weighted by molar-refractivity contribution is 0.639. The molecule has 1 N–H and O–H groups in total. The van der Waals surface area contributed by atoms with Gasteiger partial charge in [-0.3, -0.25) is 0 Å². The van der Waals surface area contributed by atoms with Crippen molar-refractivity contribution in [1.82, 2.24) is 5.32 Å². The normalized spacial score (nSPS) is 10.6. The molecule has 0 spiro atoms. The molecule has 0 aliphatic heterocycles. The van der Waals surface area contributed by atoms with Gasteiger partial charge in [0.2, 0.25) is 0 Å². The van der Waals surface area contributed by atoms with Crippen molar-refractivity contribution in [3.8, 4) is 0 Å². The monoisotopic (exact) mass is 205 g/mol. The van der Waals surface area contributed by atoms with Crippen LogP contribution in [0.5, 0.6) is 0 Å². The third kappa shape index (κ3) is 4.48. The Kier molecular flexibility index (Phi) is 5.41. The van der Waals surface area contributed by atoms with Crippen LogP contribution in [0.2, 0.25) is 0 Å². The molecule has 1 aromatic carbocycles. The van der Waals surface area contributed by atoms with E-state index in [1.54, 1.807) is 0 Å². The van der Waals surface area contributed by atoms with Gasteiger partial charge in [-0.25, -0.2) is 0 Å². The summed E-state index contributed by atoms with van der Waals surface area (Å²) in [5.41, 5.74) is 4.31. The Hall–Kier alpha value is -0.820. The van der Waals surface area contributed by atoms with Gasteiger partial charge in [0, 0.05) is 0 Å². The first-order valence-corrected chi connectivity index (χ1v) is 6.01. The average molecular weight is 205 g/mol. The summed E-state index contributed by atoms with van der Waals surface area (Å²) in [6.45, 7) is 8.86. The predicted molar refractivity (Wildman–Crippen MR) is 67.4 cm³/mol. The molecule has 0 radical (unpaired) electrons. The zero-order valence-corrected chi connectivity index (χ0v) is 10.3. The Morgan fingerprint density at radius 1 is 1.13 bits per heavy atom. The summed E-state index contributed by atoms with van der Waals surface area (Å²) in [4.78, 5) is 0. The van der Waals surface area contributed by atoms with Crippen molar-refractivity contribution in [3.05, 3.63) is 34.9 Å². The smallest absolute Gasteiger partial charge is 0.00457 e. The van der Waals surface area contributed by atoms with Crippen molar-refractivity contribution in [2.75, 3.05) is 13.1 Å². The van der Waals surface area contributed by atoms with Crippen molar-refractivity contribution in [1.29, 1.82) is 0 Å². The van der Waals surface area contributed by atoms with Crippen LogP contribution in [0.3, 0.4) is 0 Å². The first-order valence-electron chi connectivity index (χ1n) is 6.01. The van der Waals surface area contributed by atoms with Crippen molar-refractivity contribution < 1.29 is 0 Å². The Morgan fingerprint density at radius 2 is 1.93 bits per heavy atom. The van der Waals surface area contributed by atoms with E-state index in [0.29, 0.717) is 0 Å².